The topological polar surface area (TPSA) is 99.8 Å². The Bertz CT molecular complexity index is 1240. The van der Waals surface area contributed by atoms with Crippen LogP contribution in [0.5, 0.6) is 0 Å². The first-order valence-electron chi connectivity index (χ1n) is 11.2. The molecule has 4 rings (SSSR count). The molecule has 7 nitrogen and oxygen atoms in total. The standard InChI is InChI=1S/C26H28N4O3S/c1-29-8-10-30(11-9-29)22-5-4-18-12-20(3-2-19(18)13-22)25-7-6-24(34-25)14-21(15-27)26(33)28-16-23(32)17-31/h2-7,12-14,23,31-32H,8-11,16-17H2,1H3,(H,28,33)/b21-14+. The number of aliphatic hydroxyl groups is 2. The maximum absolute atomic E-state index is 12.2. The fraction of sp³-hybridized carbons (Fsp3) is 0.308. The number of aliphatic hydroxyl groups excluding tert-OH is 2. The summed E-state index contributed by atoms with van der Waals surface area (Å²) < 4.78 is 0. The van der Waals surface area contributed by atoms with Gasteiger partial charge in [-0.3, -0.25) is 4.79 Å². The Morgan fingerprint density at radius 2 is 1.88 bits per heavy atom. The van der Waals surface area contributed by atoms with Crippen LogP contribution in [0.15, 0.2) is 54.1 Å². The Kier molecular flexibility index (Phi) is 7.60. The first-order valence-corrected chi connectivity index (χ1v) is 12.0. The summed E-state index contributed by atoms with van der Waals surface area (Å²) in [7, 11) is 2.16. The highest BCUT2D eigenvalue weighted by atomic mass is 32.1. The number of nitrogens with zero attached hydrogens (tertiary/aromatic N) is 3. The number of nitriles is 1. The number of hydrogen-bond acceptors (Lipinski definition) is 7. The van der Waals surface area contributed by atoms with Gasteiger partial charge in [-0.25, -0.2) is 0 Å². The fourth-order valence-corrected chi connectivity index (χ4v) is 4.84. The second-order valence-electron chi connectivity index (χ2n) is 8.45. The van der Waals surface area contributed by atoms with Crippen molar-refractivity contribution in [2.24, 2.45) is 0 Å². The monoisotopic (exact) mass is 476 g/mol. The molecule has 0 saturated carbocycles. The van der Waals surface area contributed by atoms with E-state index in [-0.39, 0.29) is 12.1 Å². The molecule has 2 aromatic carbocycles. The third kappa shape index (κ3) is 5.64. The largest absolute Gasteiger partial charge is 0.394 e. The maximum atomic E-state index is 12.2. The van der Waals surface area contributed by atoms with Crippen molar-refractivity contribution in [2.45, 2.75) is 6.10 Å². The molecule has 1 unspecified atom stereocenters. The van der Waals surface area contributed by atoms with Gasteiger partial charge in [0.05, 0.1) is 12.7 Å². The number of rotatable bonds is 7. The van der Waals surface area contributed by atoms with Gasteiger partial charge in [0.15, 0.2) is 0 Å². The van der Waals surface area contributed by atoms with E-state index in [0.717, 1.165) is 41.5 Å². The van der Waals surface area contributed by atoms with Gasteiger partial charge in [0.1, 0.15) is 11.6 Å². The van der Waals surface area contributed by atoms with Gasteiger partial charge in [-0.2, -0.15) is 5.26 Å². The van der Waals surface area contributed by atoms with Gasteiger partial charge in [0.2, 0.25) is 0 Å². The smallest absolute Gasteiger partial charge is 0.262 e. The molecule has 3 N–H and O–H groups in total. The van der Waals surface area contributed by atoms with Crippen LogP contribution in [0.1, 0.15) is 4.88 Å². The number of thiophene rings is 1. The van der Waals surface area contributed by atoms with Crippen molar-refractivity contribution in [1.82, 2.24) is 10.2 Å². The van der Waals surface area contributed by atoms with Crippen LogP contribution < -0.4 is 10.2 Å². The van der Waals surface area contributed by atoms with Crippen LogP contribution in [0.2, 0.25) is 0 Å². The highest BCUT2D eigenvalue weighted by Gasteiger charge is 2.15. The van der Waals surface area contributed by atoms with Crippen molar-refractivity contribution < 1.29 is 15.0 Å². The van der Waals surface area contributed by atoms with E-state index >= 15 is 0 Å². The molecule has 1 saturated heterocycles. The molecule has 0 aliphatic carbocycles. The fourth-order valence-electron chi connectivity index (χ4n) is 3.89. The molecule has 34 heavy (non-hydrogen) atoms. The molecular formula is C26H28N4O3S. The minimum absolute atomic E-state index is 0.0477. The zero-order valence-corrected chi connectivity index (χ0v) is 19.9. The molecule has 1 amide bonds. The average molecular weight is 477 g/mol. The lowest BCUT2D eigenvalue weighted by Gasteiger charge is -2.34. The Hall–Kier alpha value is -3.22. The molecule has 3 aromatic rings. The Labute approximate surface area is 203 Å². The van der Waals surface area contributed by atoms with Crippen molar-refractivity contribution in [2.75, 3.05) is 51.3 Å². The molecule has 1 aliphatic heterocycles. The van der Waals surface area contributed by atoms with Crippen molar-refractivity contribution in [3.63, 3.8) is 0 Å². The molecule has 1 aromatic heterocycles. The molecule has 0 bridgehead atoms. The average Bonchev–Trinajstić information content (AvgIpc) is 3.34. The highest BCUT2D eigenvalue weighted by molar-refractivity contribution is 7.16. The van der Waals surface area contributed by atoms with E-state index < -0.39 is 18.6 Å². The molecule has 2 heterocycles. The van der Waals surface area contributed by atoms with Gasteiger partial charge in [-0.05, 0) is 59.8 Å². The zero-order valence-electron chi connectivity index (χ0n) is 19.1. The molecule has 0 spiro atoms. The van der Waals surface area contributed by atoms with Gasteiger partial charge >= 0.3 is 0 Å². The third-order valence-electron chi connectivity index (χ3n) is 5.96. The number of hydrogen-bond donors (Lipinski definition) is 3. The van der Waals surface area contributed by atoms with Crippen LogP contribution in [0.3, 0.4) is 0 Å². The lowest BCUT2D eigenvalue weighted by atomic mass is 10.0. The number of amides is 1. The molecule has 1 aliphatic rings. The lowest BCUT2D eigenvalue weighted by molar-refractivity contribution is -0.117. The third-order valence-corrected chi connectivity index (χ3v) is 7.05. The summed E-state index contributed by atoms with van der Waals surface area (Å²) in [4.78, 5) is 18.8. The van der Waals surface area contributed by atoms with E-state index in [9.17, 15) is 15.2 Å². The minimum atomic E-state index is -1.05. The van der Waals surface area contributed by atoms with Gasteiger partial charge in [-0.15, -0.1) is 11.3 Å². The Morgan fingerprint density at radius 1 is 1.15 bits per heavy atom. The van der Waals surface area contributed by atoms with E-state index in [1.54, 1.807) is 0 Å². The molecule has 1 atom stereocenters. The van der Waals surface area contributed by atoms with Crippen LogP contribution in [0.25, 0.3) is 27.3 Å². The van der Waals surface area contributed by atoms with E-state index in [2.05, 4.69) is 58.6 Å². The number of piperazine rings is 1. The first kappa shape index (κ1) is 23.9. The predicted molar refractivity (Wildman–Crippen MR) is 137 cm³/mol. The van der Waals surface area contributed by atoms with Crippen LogP contribution in [0, 0.1) is 11.3 Å². The summed E-state index contributed by atoms with van der Waals surface area (Å²) in [6, 6.07) is 18.8. The van der Waals surface area contributed by atoms with Crippen LogP contribution in [0.4, 0.5) is 5.69 Å². The quantitative estimate of drug-likeness (QED) is 0.358. The first-order chi connectivity index (χ1) is 16.5. The zero-order chi connectivity index (χ0) is 24.1. The minimum Gasteiger partial charge on any atom is -0.394 e. The molecule has 8 heteroatoms. The highest BCUT2D eigenvalue weighted by Crippen LogP contribution is 2.32. The summed E-state index contributed by atoms with van der Waals surface area (Å²) in [5.74, 6) is -0.577. The van der Waals surface area contributed by atoms with E-state index in [0.29, 0.717) is 0 Å². The van der Waals surface area contributed by atoms with Gasteiger partial charge in [-0.1, -0.05) is 18.2 Å². The molecular weight excluding hydrogens is 448 g/mol. The Balaban J connectivity index is 1.50. The number of likely N-dealkylation sites (N-methyl/N-ethyl adjacent to an activating group) is 1. The number of fused-ring (bicyclic) bond motifs is 1. The van der Waals surface area contributed by atoms with Crippen molar-refractivity contribution in [1.29, 1.82) is 5.26 Å². The van der Waals surface area contributed by atoms with Gasteiger partial charge in [0.25, 0.3) is 5.91 Å². The Morgan fingerprint density at radius 3 is 2.62 bits per heavy atom. The van der Waals surface area contributed by atoms with Crippen molar-refractivity contribution in [3.05, 3.63) is 59.0 Å². The number of carbonyl (C=O) groups excluding carboxylic acids is 1. The summed E-state index contributed by atoms with van der Waals surface area (Å²) in [6.07, 6.45) is 0.487. The molecule has 0 radical (unpaired) electrons. The van der Waals surface area contributed by atoms with Crippen molar-refractivity contribution >= 4 is 39.8 Å². The summed E-state index contributed by atoms with van der Waals surface area (Å²) in [6.45, 7) is 3.66. The second-order valence-corrected chi connectivity index (χ2v) is 9.57. The van der Waals surface area contributed by atoms with Crippen LogP contribution in [-0.2, 0) is 4.79 Å². The summed E-state index contributed by atoms with van der Waals surface area (Å²) in [5.41, 5.74) is 2.29. The number of benzene rings is 2. The van der Waals surface area contributed by atoms with E-state index in [4.69, 9.17) is 5.11 Å². The summed E-state index contributed by atoms with van der Waals surface area (Å²) in [5, 5.41) is 32.4. The van der Waals surface area contributed by atoms with Gasteiger partial charge in [0, 0.05) is 48.2 Å². The van der Waals surface area contributed by atoms with E-state index in [1.807, 2.05) is 18.2 Å². The van der Waals surface area contributed by atoms with E-state index in [1.165, 1.54) is 33.9 Å². The lowest BCUT2D eigenvalue weighted by Crippen LogP contribution is -2.44. The van der Waals surface area contributed by atoms with Crippen molar-refractivity contribution in [3.8, 4) is 16.5 Å². The van der Waals surface area contributed by atoms with Crippen LogP contribution in [-0.4, -0.2) is 73.5 Å². The van der Waals surface area contributed by atoms with Crippen LogP contribution >= 0.6 is 11.3 Å². The predicted octanol–water partition coefficient (Wildman–Crippen LogP) is 2.70. The molecule has 1 fully saturated rings. The summed E-state index contributed by atoms with van der Waals surface area (Å²) >= 11 is 1.50. The number of anilines is 1. The normalized spacial score (nSPS) is 15.8. The van der Waals surface area contributed by atoms with Gasteiger partial charge < -0.3 is 25.3 Å². The molecule has 176 valence electrons. The number of carbonyl (C=O) groups is 1. The second kappa shape index (κ2) is 10.8. The SMILES string of the molecule is CN1CCN(c2ccc3cc(-c4ccc(/C=C(\C#N)C(=O)NCC(O)CO)s4)ccc3c2)CC1. The number of nitrogens with one attached hydrogen (secondary N) is 1. The maximum Gasteiger partial charge on any atom is 0.262 e.